The number of hydrogen-bond acceptors (Lipinski definition) is 2. The monoisotopic (exact) mass is 199 g/mol. The summed E-state index contributed by atoms with van der Waals surface area (Å²) in [7, 11) is 0. The van der Waals surface area contributed by atoms with E-state index in [1.165, 1.54) is 38.5 Å². The number of nitrogens with zero attached hydrogens (tertiary/aromatic N) is 1. The van der Waals surface area contributed by atoms with Gasteiger partial charge in [0.15, 0.2) is 0 Å². The molecule has 1 saturated carbocycles. The number of rotatable bonds is 5. The molecule has 84 valence electrons. The van der Waals surface area contributed by atoms with Gasteiger partial charge in [-0.2, -0.15) is 0 Å². The molecule has 2 nitrogen and oxygen atoms in total. The number of hydrogen-bond donors (Lipinski definition) is 1. The second-order valence-corrected chi connectivity index (χ2v) is 4.51. The average molecular weight is 199 g/mol. The van der Waals surface area contributed by atoms with Crippen LogP contribution in [0, 0.1) is 0 Å². The van der Waals surface area contributed by atoms with E-state index in [4.69, 9.17) is 5.11 Å². The summed E-state index contributed by atoms with van der Waals surface area (Å²) in [4.78, 5) is 2.51. The van der Waals surface area contributed by atoms with E-state index in [0.29, 0.717) is 12.6 Å². The highest BCUT2D eigenvalue weighted by Crippen LogP contribution is 2.24. The van der Waals surface area contributed by atoms with Crippen molar-refractivity contribution >= 4 is 0 Å². The maximum Gasteiger partial charge on any atom is 0.0558 e. The molecule has 1 aliphatic carbocycles. The lowest BCUT2D eigenvalue weighted by Gasteiger charge is -2.38. The molecular formula is C12H25NO. The summed E-state index contributed by atoms with van der Waals surface area (Å²) in [5, 5.41) is 9.07. The summed E-state index contributed by atoms with van der Waals surface area (Å²) in [6.45, 7) is 5.68. The number of aliphatic hydroxyl groups is 1. The van der Waals surface area contributed by atoms with Crippen LogP contribution in [0.5, 0.6) is 0 Å². The summed E-state index contributed by atoms with van der Waals surface area (Å²) in [6, 6.07) is 1.37. The first-order chi connectivity index (χ1) is 6.79. The van der Waals surface area contributed by atoms with Crippen LogP contribution in [0.25, 0.3) is 0 Å². The Morgan fingerprint density at radius 1 is 1.29 bits per heavy atom. The quantitative estimate of drug-likeness (QED) is 0.735. The van der Waals surface area contributed by atoms with E-state index < -0.39 is 0 Å². The van der Waals surface area contributed by atoms with E-state index in [2.05, 4.69) is 18.7 Å². The molecule has 0 saturated heterocycles. The predicted molar refractivity (Wildman–Crippen MR) is 60.4 cm³/mol. The van der Waals surface area contributed by atoms with Gasteiger partial charge in [-0.25, -0.2) is 0 Å². The van der Waals surface area contributed by atoms with Crippen LogP contribution in [-0.4, -0.2) is 35.2 Å². The Morgan fingerprint density at radius 2 is 1.93 bits per heavy atom. The van der Waals surface area contributed by atoms with Crippen molar-refractivity contribution in [1.82, 2.24) is 4.90 Å². The molecule has 0 heterocycles. The van der Waals surface area contributed by atoms with Crippen LogP contribution in [0.15, 0.2) is 0 Å². The standard InChI is InChI=1S/C12H25NO/c1-3-11(2)13(9-10-14)12-7-5-4-6-8-12/h11-12,14H,3-10H2,1-2H3. The largest absolute Gasteiger partial charge is 0.395 e. The molecule has 0 spiro atoms. The van der Waals surface area contributed by atoms with Gasteiger partial charge in [-0.05, 0) is 26.2 Å². The molecule has 0 aromatic carbocycles. The normalized spacial score (nSPS) is 21.4. The first kappa shape index (κ1) is 12.0. The Hall–Kier alpha value is -0.0800. The van der Waals surface area contributed by atoms with Crippen LogP contribution < -0.4 is 0 Å². The highest BCUT2D eigenvalue weighted by molar-refractivity contribution is 4.79. The van der Waals surface area contributed by atoms with Crippen molar-refractivity contribution in [2.45, 2.75) is 64.5 Å². The van der Waals surface area contributed by atoms with Gasteiger partial charge in [0.1, 0.15) is 0 Å². The molecule has 0 aromatic heterocycles. The van der Waals surface area contributed by atoms with Crippen molar-refractivity contribution in [3.05, 3.63) is 0 Å². The highest BCUT2D eigenvalue weighted by atomic mass is 16.3. The van der Waals surface area contributed by atoms with Gasteiger partial charge in [0.2, 0.25) is 0 Å². The molecule has 14 heavy (non-hydrogen) atoms. The SMILES string of the molecule is CCC(C)N(CCO)C1CCCCC1. The Bertz CT molecular complexity index is 143. The fraction of sp³-hybridized carbons (Fsp3) is 1.00. The van der Waals surface area contributed by atoms with Crippen LogP contribution in [0.1, 0.15) is 52.4 Å². The zero-order chi connectivity index (χ0) is 10.4. The lowest BCUT2D eigenvalue weighted by molar-refractivity contribution is 0.0856. The number of aliphatic hydroxyl groups excluding tert-OH is 1. The third-order valence-electron chi connectivity index (χ3n) is 3.56. The molecule has 2 heteroatoms. The molecule has 1 atom stereocenters. The summed E-state index contributed by atoms with van der Waals surface area (Å²) in [5.41, 5.74) is 0. The Kier molecular flexibility index (Phi) is 5.49. The fourth-order valence-electron chi connectivity index (χ4n) is 2.53. The molecule has 0 radical (unpaired) electrons. The lowest BCUT2D eigenvalue weighted by atomic mass is 9.93. The van der Waals surface area contributed by atoms with Crippen LogP contribution in [0.2, 0.25) is 0 Å². The van der Waals surface area contributed by atoms with Crippen molar-refractivity contribution in [3.8, 4) is 0 Å². The Morgan fingerprint density at radius 3 is 2.43 bits per heavy atom. The van der Waals surface area contributed by atoms with E-state index in [0.717, 1.165) is 12.6 Å². The molecule has 0 aromatic rings. The zero-order valence-corrected chi connectivity index (χ0v) is 9.71. The van der Waals surface area contributed by atoms with Crippen molar-refractivity contribution in [1.29, 1.82) is 0 Å². The summed E-state index contributed by atoms with van der Waals surface area (Å²) in [5.74, 6) is 0. The van der Waals surface area contributed by atoms with Crippen LogP contribution in [0.4, 0.5) is 0 Å². The maximum absolute atomic E-state index is 9.07. The molecule has 1 aliphatic rings. The topological polar surface area (TPSA) is 23.5 Å². The molecule has 0 bridgehead atoms. The van der Waals surface area contributed by atoms with Gasteiger partial charge in [0, 0.05) is 18.6 Å². The molecular weight excluding hydrogens is 174 g/mol. The zero-order valence-electron chi connectivity index (χ0n) is 9.71. The molecule has 1 unspecified atom stereocenters. The second kappa shape index (κ2) is 6.41. The third-order valence-corrected chi connectivity index (χ3v) is 3.56. The predicted octanol–water partition coefficient (Wildman–Crippen LogP) is 2.41. The summed E-state index contributed by atoms with van der Waals surface area (Å²) in [6.07, 6.45) is 8.03. The highest BCUT2D eigenvalue weighted by Gasteiger charge is 2.23. The average Bonchev–Trinajstić information content (AvgIpc) is 2.26. The minimum absolute atomic E-state index is 0.306. The van der Waals surface area contributed by atoms with Gasteiger partial charge in [0.25, 0.3) is 0 Å². The van der Waals surface area contributed by atoms with Crippen molar-refractivity contribution in [2.24, 2.45) is 0 Å². The third kappa shape index (κ3) is 3.25. The van der Waals surface area contributed by atoms with E-state index >= 15 is 0 Å². The molecule has 0 aliphatic heterocycles. The van der Waals surface area contributed by atoms with E-state index in [1.807, 2.05) is 0 Å². The maximum atomic E-state index is 9.07. The smallest absolute Gasteiger partial charge is 0.0558 e. The van der Waals surface area contributed by atoms with E-state index in [9.17, 15) is 0 Å². The molecule has 0 amide bonds. The van der Waals surface area contributed by atoms with Gasteiger partial charge >= 0.3 is 0 Å². The van der Waals surface area contributed by atoms with E-state index in [1.54, 1.807) is 0 Å². The second-order valence-electron chi connectivity index (χ2n) is 4.51. The molecule has 1 N–H and O–H groups in total. The van der Waals surface area contributed by atoms with Gasteiger partial charge < -0.3 is 5.11 Å². The molecule has 1 fully saturated rings. The van der Waals surface area contributed by atoms with Gasteiger partial charge in [-0.1, -0.05) is 26.2 Å². The van der Waals surface area contributed by atoms with Crippen molar-refractivity contribution in [3.63, 3.8) is 0 Å². The van der Waals surface area contributed by atoms with Crippen LogP contribution >= 0.6 is 0 Å². The Balaban J connectivity index is 2.46. The van der Waals surface area contributed by atoms with Crippen molar-refractivity contribution < 1.29 is 5.11 Å². The summed E-state index contributed by atoms with van der Waals surface area (Å²) < 4.78 is 0. The first-order valence-electron chi connectivity index (χ1n) is 6.16. The minimum Gasteiger partial charge on any atom is -0.395 e. The first-order valence-corrected chi connectivity index (χ1v) is 6.16. The summed E-state index contributed by atoms with van der Waals surface area (Å²) >= 11 is 0. The van der Waals surface area contributed by atoms with Crippen LogP contribution in [-0.2, 0) is 0 Å². The minimum atomic E-state index is 0.306. The van der Waals surface area contributed by atoms with Gasteiger partial charge in [0.05, 0.1) is 6.61 Å². The fourth-order valence-corrected chi connectivity index (χ4v) is 2.53. The molecule has 1 rings (SSSR count). The van der Waals surface area contributed by atoms with Gasteiger partial charge in [-0.15, -0.1) is 0 Å². The van der Waals surface area contributed by atoms with Gasteiger partial charge in [-0.3, -0.25) is 4.90 Å². The van der Waals surface area contributed by atoms with E-state index in [-0.39, 0.29) is 0 Å². The van der Waals surface area contributed by atoms with Crippen molar-refractivity contribution in [2.75, 3.05) is 13.2 Å². The lowest BCUT2D eigenvalue weighted by Crippen LogP contribution is -2.44. The van der Waals surface area contributed by atoms with Crippen LogP contribution in [0.3, 0.4) is 0 Å². The Labute approximate surface area is 88.3 Å².